The number of benzene rings is 3. The summed E-state index contributed by atoms with van der Waals surface area (Å²) >= 11 is 3.87. The van der Waals surface area contributed by atoms with Crippen molar-refractivity contribution in [1.29, 1.82) is 0 Å². The Morgan fingerprint density at radius 1 is 0.792 bits per heavy atom. The molecule has 24 heavy (non-hydrogen) atoms. The van der Waals surface area contributed by atoms with Gasteiger partial charge in [0.25, 0.3) is 0 Å². The Morgan fingerprint density at radius 2 is 1.46 bits per heavy atom. The number of alkyl halides is 1. The van der Waals surface area contributed by atoms with Crippen molar-refractivity contribution < 1.29 is 0 Å². The molecule has 0 N–H and O–H groups in total. The first-order valence-corrected chi connectivity index (χ1v) is 9.22. The SMILES string of the molecule is Cc1ccc(C=Cc2ccc3c(c2)Cc2ccccc2C3Br)cc1. The standard InChI is InChI=1S/C23H19Br/c1-16-6-8-17(9-7-16)10-11-18-12-13-22-20(14-18)15-19-4-2-3-5-21(19)23(22)24/h2-14,23H,15H2,1H3. The van der Waals surface area contributed by atoms with Gasteiger partial charge in [-0.3, -0.25) is 0 Å². The Balaban J connectivity index is 1.64. The van der Waals surface area contributed by atoms with Crippen molar-refractivity contribution in [1.82, 2.24) is 0 Å². The summed E-state index contributed by atoms with van der Waals surface area (Å²) < 4.78 is 0. The molecule has 0 radical (unpaired) electrons. The molecule has 0 nitrogen and oxygen atoms in total. The van der Waals surface area contributed by atoms with Gasteiger partial charge < -0.3 is 0 Å². The lowest BCUT2D eigenvalue weighted by molar-refractivity contribution is 0.993. The van der Waals surface area contributed by atoms with E-state index in [1.807, 2.05) is 0 Å². The third-order valence-electron chi connectivity index (χ3n) is 4.69. The monoisotopic (exact) mass is 374 g/mol. The van der Waals surface area contributed by atoms with Crippen LogP contribution in [0.1, 0.15) is 43.8 Å². The van der Waals surface area contributed by atoms with Crippen molar-refractivity contribution in [2.45, 2.75) is 18.2 Å². The summed E-state index contributed by atoms with van der Waals surface area (Å²) in [5.74, 6) is 0. The highest BCUT2D eigenvalue weighted by Gasteiger charge is 2.22. The van der Waals surface area contributed by atoms with Crippen molar-refractivity contribution >= 4 is 28.1 Å². The van der Waals surface area contributed by atoms with E-state index in [1.54, 1.807) is 0 Å². The van der Waals surface area contributed by atoms with Crippen molar-refractivity contribution in [2.24, 2.45) is 0 Å². The second-order valence-electron chi connectivity index (χ2n) is 6.44. The lowest BCUT2D eigenvalue weighted by Crippen LogP contribution is -2.09. The second kappa shape index (κ2) is 6.41. The molecule has 0 fully saturated rings. The lowest BCUT2D eigenvalue weighted by Gasteiger charge is -2.24. The maximum Gasteiger partial charge on any atom is 0.0650 e. The van der Waals surface area contributed by atoms with E-state index < -0.39 is 0 Å². The first-order chi connectivity index (χ1) is 11.7. The van der Waals surface area contributed by atoms with Crippen LogP contribution >= 0.6 is 15.9 Å². The van der Waals surface area contributed by atoms with Crippen LogP contribution < -0.4 is 0 Å². The Bertz CT molecular complexity index is 904. The van der Waals surface area contributed by atoms with E-state index in [2.05, 4.69) is 102 Å². The molecule has 0 bridgehead atoms. The summed E-state index contributed by atoms with van der Waals surface area (Å²) in [4.78, 5) is 0.299. The number of fused-ring (bicyclic) bond motifs is 2. The Hall–Kier alpha value is -2.12. The van der Waals surface area contributed by atoms with Gasteiger partial charge in [0.15, 0.2) is 0 Å². The van der Waals surface area contributed by atoms with Crippen molar-refractivity contribution in [3.8, 4) is 0 Å². The predicted molar refractivity (Wildman–Crippen MR) is 107 cm³/mol. The zero-order chi connectivity index (χ0) is 16.5. The van der Waals surface area contributed by atoms with Crippen molar-refractivity contribution in [3.05, 3.63) is 106 Å². The highest BCUT2D eigenvalue weighted by molar-refractivity contribution is 9.09. The van der Waals surface area contributed by atoms with Gasteiger partial charge in [-0.05, 0) is 46.7 Å². The summed E-state index contributed by atoms with van der Waals surface area (Å²) in [6.45, 7) is 2.12. The number of hydrogen-bond donors (Lipinski definition) is 0. The van der Waals surface area contributed by atoms with Gasteiger partial charge in [-0.15, -0.1) is 0 Å². The number of halogens is 1. The third-order valence-corrected chi connectivity index (χ3v) is 5.68. The minimum absolute atomic E-state index is 0.299. The van der Waals surface area contributed by atoms with E-state index in [4.69, 9.17) is 0 Å². The topological polar surface area (TPSA) is 0 Å². The average molecular weight is 375 g/mol. The molecule has 0 aromatic heterocycles. The molecule has 4 rings (SSSR count). The Labute approximate surface area is 152 Å². The van der Waals surface area contributed by atoms with Gasteiger partial charge >= 0.3 is 0 Å². The van der Waals surface area contributed by atoms with E-state index >= 15 is 0 Å². The van der Waals surface area contributed by atoms with Crippen LogP contribution in [0.5, 0.6) is 0 Å². The van der Waals surface area contributed by atoms with Crippen LogP contribution in [0.4, 0.5) is 0 Å². The molecule has 118 valence electrons. The minimum atomic E-state index is 0.299. The molecule has 0 saturated carbocycles. The van der Waals surface area contributed by atoms with Crippen LogP contribution in [0.15, 0.2) is 66.7 Å². The molecular weight excluding hydrogens is 356 g/mol. The molecule has 3 aromatic carbocycles. The first kappa shape index (κ1) is 15.4. The van der Waals surface area contributed by atoms with E-state index in [9.17, 15) is 0 Å². The smallest absolute Gasteiger partial charge is 0.0650 e. The maximum atomic E-state index is 3.87. The van der Waals surface area contributed by atoms with Gasteiger partial charge in [0.2, 0.25) is 0 Å². The molecule has 1 atom stereocenters. The van der Waals surface area contributed by atoms with Crippen LogP contribution in [-0.2, 0) is 6.42 Å². The number of hydrogen-bond acceptors (Lipinski definition) is 0. The molecule has 0 aliphatic heterocycles. The number of aryl methyl sites for hydroxylation is 1. The molecule has 0 spiro atoms. The van der Waals surface area contributed by atoms with Crippen LogP contribution in [0.25, 0.3) is 12.2 Å². The fourth-order valence-electron chi connectivity index (χ4n) is 3.31. The van der Waals surface area contributed by atoms with Gasteiger partial charge in [0, 0.05) is 0 Å². The zero-order valence-corrected chi connectivity index (χ0v) is 15.3. The molecule has 1 aliphatic carbocycles. The molecule has 1 unspecified atom stereocenters. The summed E-state index contributed by atoms with van der Waals surface area (Å²) in [5.41, 5.74) is 9.42. The maximum absolute atomic E-state index is 3.87. The van der Waals surface area contributed by atoms with Gasteiger partial charge in [0.1, 0.15) is 0 Å². The van der Waals surface area contributed by atoms with Crippen LogP contribution in [-0.4, -0.2) is 0 Å². The van der Waals surface area contributed by atoms with Crippen LogP contribution in [0, 0.1) is 6.92 Å². The van der Waals surface area contributed by atoms with Gasteiger partial charge in [0.05, 0.1) is 4.83 Å². The van der Waals surface area contributed by atoms with E-state index in [1.165, 1.54) is 38.9 Å². The average Bonchev–Trinajstić information content (AvgIpc) is 2.61. The molecular formula is C23H19Br. The Morgan fingerprint density at radius 3 is 2.29 bits per heavy atom. The number of rotatable bonds is 2. The van der Waals surface area contributed by atoms with Crippen molar-refractivity contribution in [2.75, 3.05) is 0 Å². The Kier molecular flexibility index (Phi) is 4.12. The van der Waals surface area contributed by atoms with Crippen LogP contribution in [0.3, 0.4) is 0 Å². The quantitative estimate of drug-likeness (QED) is 0.352. The molecule has 0 saturated heterocycles. The van der Waals surface area contributed by atoms with Crippen molar-refractivity contribution in [3.63, 3.8) is 0 Å². The van der Waals surface area contributed by atoms with Gasteiger partial charge in [-0.25, -0.2) is 0 Å². The molecule has 0 amide bonds. The predicted octanol–water partition coefficient (Wildman–Crippen LogP) is 6.55. The van der Waals surface area contributed by atoms with E-state index in [-0.39, 0.29) is 0 Å². The van der Waals surface area contributed by atoms with Gasteiger partial charge in [-0.1, -0.05) is 100 Å². The summed E-state index contributed by atoms with van der Waals surface area (Å²) in [6.07, 6.45) is 5.40. The second-order valence-corrected chi connectivity index (χ2v) is 7.36. The normalized spacial score (nSPS) is 16.0. The third kappa shape index (κ3) is 2.97. The fourth-order valence-corrected chi connectivity index (χ4v) is 4.21. The first-order valence-electron chi connectivity index (χ1n) is 8.30. The minimum Gasteiger partial charge on any atom is -0.0786 e. The van der Waals surface area contributed by atoms with Crippen LogP contribution in [0.2, 0.25) is 0 Å². The highest BCUT2D eigenvalue weighted by atomic mass is 79.9. The highest BCUT2D eigenvalue weighted by Crippen LogP contribution is 2.40. The van der Waals surface area contributed by atoms with Gasteiger partial charge in [-0.2, -0.15) is 0 Å². The summed E-state index contributed by atoms with van der Waals surface area (Å²) in [7, 11) is 0. The fraction of sp³-hybridized carbons (Fsp3) is 0.130. The zero-order valence-electron chi connectivity index (χ0n) is 13.7. The molecule has 3 aromatic rings. The lowest BCUT2D eigenvalue weighted by atomic mass is 9.85. The molecule has 0 heterocycles. The molecule has 1 heteroatoms. The summed E-state index contributed by atoms with van der Waals surface area (Å²) in [5, 5.41) is 0. The molecule has 1 aliphatic rings. The summed E-state index contributed by atoms with van der Waals surface area (Å²) in [6, 6.07) is 24.1. The van der Waals surface area contributed by atoms with E-state index in [0.717, 1.165) is 6.42 Å². The van der Waals surface area contributed by atoms with E-state index in [0.29, 0.717) is 4.83 Å². The largest absolute Gasteiger partial charge is 0.0786 e.